The van der Waals surface area contributed by atoms with E-state index in [1.165, 1.54) is 44.7 Å². The maximum Gasteiger partial charge on any atom is 0.264 e. The summed E-state index contributed by atoms with van der Waals surface area (Å²) in [6, 6.07) is 15.5. The van der Waals surface area contributed by atoms with E-state index in [0.29, 0.717) is 17.9 Å². The Labute approximate surface area is 216 Å². The molecule has 0 aromatic heterocycles. The average Bonchev–Trinajstić information content (AvgIpc) is 2.89. The molecule has 0 unspecified atom stereocenters. The fraction of sp³-hybridized carbons (Fsp3) is 0.231. The highest BCUT2D eigenvalue weighted by molar-refractivity contribution is 7.92. The Balaban J connectivity index is 1.91. The van der Waals surface area contributed by atoms with Crippen molar-refractivity contribution in [1.29, 1.82) is 0 Å². The fourth-order valence-corrected chi connectivity index (χ4v) is 4.78. The van der Waals surface area contributed by atoms with Crippen LogP contribution in [0.4, 0.5) is 5.69 Å². The van der Waals surface area contributed by atoms with Gasteiger partial charge in [-0.3, -0.25) is 9.10 Å². The van der Waals surface area contributed by atoms with E-state index in [2.05, 4.69) is 10.5 Å². The summed E-state index contributed by atoms with van der Waals surface area (Å²) in [5, 5.41) is 13.8. The van der Waals surface area contributed by atoms with Crippen molar-refractivity contribution in [3.8, 4) is 23.0 Å². The third kappa shape index (κ3) is 6.70. The predicted octanol–water partition coefficient (Wildman–Crippen LogP) is 3.46. The Kier molecular flexibility index (Phi) is 8.96. The lowest BCUT2D eigenvalue weighted by molar-refractivity contribution is -0.119. The van der Waals surface area contributed by atoms with Crippen molar-refractivity contribution in [2.45, 2.75) is 18.7 Å². The van der Waals surface area contributed by atoms with Crippen molar-refractivity contribution >= 4 is 27.8 Å². The predicted molar refractivity (Wildman–Crippen MR) is 140 cm³/mol. The van der Waals surface area contributed by atoms with Crippen LogP contribution in [0.1, 0.15) is 18.1 Å². The average molecular weight is 528 g/mol. The van der Waals surface area contributed by atoms with Gasteiger partial charge in [-0.2, -0.15) is 5.10 Å². The second-order valence-corrected chi connectivity index (χ2v) is 9.68. The topological polar surface area (TPSA) is 127 Å². The van der Waals surface area contributed by atoms with Crippen LogP contribution < -0.4 is 23.9 Å². The number of ether oxygens (including phenoxy) is 3. The van der Waals surface area contributed by atoms with Crippen molar-refractivity contribution in [2.75, 3.05) is 31.7 Å². The zero-order valence-electron chi connectivity index (χ0n) is 21.0. The van der Waals surface area contributed by atoms with Crippen LogP contribution in [0.5, 0.6) is 23.0 Å². The van der Waals surface area contributed by atoms with Crippen LogP contribution in [0.2, 0.25) is 0 Å². The molecule has 0 atom stereocenters. The summed E-state index contributed by atoms with van der Waals surface area (Å²) >= 11 is 0. The number of sulfonamides is 1. The minimum atomic E-state index is -4.18. The molecular weight excluding hydrogens is 498 g/mol. The minimum absolute atomic E-state index is 0.00632. The number of phenolic OH excluding ortho intramolecular Hbond substituents is 1. The Morgan fingerprint density at radius 3 is 2.41 bits per heavy atom. The van der Waals surface area contributed by atoms with Crippen LogP contribution >= 0.6 is 0 Å². The first-order valence-electron chi connectivity index (χ1n) is 11.3. The first-order chi connectivity index (χ1) is 17.7. The number of nitrogens with zero attached hydrogens (tertiary/aromatic N) is 2. The largest absolute Gasteiger partial charge is 0.504 e. The van der Waals surface area contributed by atoms with Gasteiger partial charge in [-0.25, -0.2) is 13.8 Å². The molecule has 3 aromatic rings. The van der Waals surface area contributed by atoms with Crippen molar-refractivity contribution in [1.82, 2.24) is 5.43 Å². The molecule has 1 amide bonds. The SMILES string of the molecule is CCOc1cc(/C=N\NC(=O)CN(c2cc(OC)ccc2OC)S(=O)(=O)c2ccc(C)cc2)ccc1O. The van der Waals surface area contributed by atoms with Crippen molar-refractivity contribution < 1.29 is 32.5 Å². The summed E-state index contributed by atoms with van der Waals surface area (Å²) in [5.74, 6) is 0.183. The molecule has 0 fully saturated rings. The molecule has 10 nitrogen and oxygen atoms in total. The Morgan fingerprint density at radius 2 is 1.76 bits per heavy atom. The zero-order chi connectivity index (χ0) is 27.0. The molecule has 0 aliphatic rings. The number of benzene rings is 3. The van der Waals surface area contributed by atoms with E-state index in [9.17, 15) is 18.3 Å². The van der Waals surface area contributed by atoms with Gasteiger partial charge in [0.1, 0.15) is 18.0 Å². The van der Waals surface area contributed by atoms with Gasteiger partial charge in [-0.1, -0.05) is 17.7 Å². The summed E-state index contributed by atoms with van der Waals surface area (Å²) in [7, 11) is -1.32. The second kappa shape index (κ2) is 12.1. The number of methoxy groups -OCH3 is 2. The molecule has 2 N–H and O–H groups in total. The summed E-state index contributed by atoms with van der Waals surface area (Å²) in [6.07, 6.45) is 1.35. The molecule has 0 aliphatic heterocycles. The van der Waals surface area contributed by atoms with Gasteiger partial charge in [-0.15, -0.1) is 0 Å². The fourth-order valence-electron chi connectivity index (χ4n) is 3.36. The van der Waals surface area contributed by atoms with E-state index in [0.717, 1.165) is 9.87 Å². The van der Waals surface area contributed by atoms with Gasteiger partial charge in [0.15, 0.2) is 11.5 Å². The third-order valence-electron chi connectivity index (χ3n) is 5.24. The summed E-state index contributed by atoms with van der Waals surface area (Å²) < 4.78 is 44.2. The number of hydrazone groups is 1. The standard InChI is InChI=1S/C26H29N3O7S/c1-5-36-25-14-19(8-12-23(25)30)16-27-28-26(31)17-29(22-15-20(34-3)9-13-24(22)35-4)37(32,33)21-10-6-18(2)7-11-21/h6-16,30H,5,17H2,1-4H3,(H,28,31)/b27-16-. The maximum absolute atomic E-state index is 13.6. The minimum Gasteiger partial charge on any atom is -0.504 e. The Bertz CT molecular complexity index is 1370. The molecule has 3 rings (SSSR count). The van der Waals surface area contributed by atoms with Gasteiger partial charge in [0.25, 0.3) is 15.9 Å². The third-order valence-corrected chi connectivity index (χ3v) is 7.01. The Morgan fingerprint density at radius 1 is 1.03 bits per heavy atom. The van der Waals surface area contributed by atoms with Crippen LogP contribution in [0.15, 0.2) is 70.7 Å². The smallest absolute Gasteiger partial charge is 0.264 e. The van der Waals surface area contributed by atoms with E-state index in [4.69, 9.17) is 14.2 Å². The van der Waals surface area contributed by atoms with Gasteiger partial charge < -0.3 is 19.3 Å². The summed E-state index contributed by atoms with van der Waals surface area (Å²) in [4.78, 5) is 12.9. The number of nitrogens with one attached hydrogen (secondary N) is 1. The second-order valence-electron chi connectivity index (χ2n) is 7.82. The first kappa shape index (κ1) is 27.3. The highest BCUT2D eigenvalue weighted by Gasteiger charge is 2.30. The lowest BCUT2D eigenvalue weighted by Gasteiger charge is -2.25. The number of rotatable bonds is 11. The lowest BCUT2D eigenvalue weighted by Crippen LogP contribution is -2.39. The molecular formula is C26H29N3O7S. The number of aryl methyl sites for hydroxylation is 1. The molecule has 37 heavy (non-hydrogen) atoms. The molecule has 3 aromatic carbocycles. The van der Waals surface area contributed by atoms with E-state index >= 15 is 0 Å². The number of carbonyl (C=O) groups is 1. The van der Waals surface area contributed by atoms with Gasteiger partial charge in [0.05, 0.1) is 37.6 Å². The lowest BCUT2D eigenvalue weighted by atomic mass is 10.2. The van der Waals surface area contributed by atoms with Crippen LogP contribution in [-0.4, -0.2) is 53.0 Å². The quantitative estimate of drug-likeness (QED) is 0.289. The van der Waals surface area contributed by atoms with Crippen molar-refractivity contribution in [3.63, 3.8) is 0 Å². The van der Waals surface area contributed by atoms with Crippen LogP contribution in [0.25, 0.3) is 0 Å². The molecule has 0 saturated carbocycles. The molecule has 196 valence electrons. The first-order valence-corrected chi connectivity index (χ1v) is 12.7. The number of aromatic hydroxyl groups is 1. The van der Waals surface area contributed by atoms with Crippen LogP contribution in [0.3, 0.4) is 0 Å². The number of carbonyl (C=O) groups excluding carboxylic acids is 1. The molecule has 0 spiro atoms. The van der Waals surface area contributed by atoms with Gasteiger partial charge in [-0.05, 0) is 61.9 Å². The van der Waals surface area contributed by atoms with Crippen molar-refractivity contribution in [2.24, 2.45) is 5.10 Å². The molecule has 0 heterocycles. The van der Waals surface area contributed by atoms with E-state index < -0.39 is 22.5 Å². The number of phenols is 1. The molecule has 0 radical (unpaired) electrons. The number of amides is 1. The van der Waals surface area contributed by atoms with Crippen LogP contribution in [0, 0.1) is 6.92 Å². The van der Waals surface area contributed by atoms with Crippen LogP contribution in [-0.2, 0) is 14.8 Å². The highest BCUT2D eigenvalue weighted by atomic mass is 32.2. The highest BCUT2D eigenvalue weighted by Crippen LogP contribution is 2.35. The molecule has 0 saturated heterocycles. The van der Waals surface area contributed by atoms with E-state index in [-0.39, 0.29) is 27.8 Å². The van der Waals surface area contributed by atoms with Gasteiger partial charge in [0, 0.05) is 6.07 Å². The molecule has 0 bridgehead atoms. The summed E-state index contributed by atoms with van der Waals surface area (Å²) in [6.45, 7) is 3.41. The van der Waals surface area contributed by atoms with Crippen molar-refractivity contribution in [3.05, 3.63) is 71.8 Å². The normalized spacial score (nSPS) is 11.2. The van der Waals surface area contributed by atoms with E-state index in [1.807, 2.05) is 6.92 Å². The maximum atomic E-state index is 13.6. The van der Waals surface area contributed by atoms with Gasteiger partial charge >= 0.3 is 0 Å². The molecule has 11 heteroatoms. The van der Waals surface area contributed by atoms with Gasteiger partial charge in [0.2, 0.25) is 0 Å². The molecule has 0 aliphatic carbocycles. The number of hydrogen-bond donors (Lipinski definition) is 2. The number of hydrogen-bond acceptors (Lipinski definition) is 8. The zero-order valence-corrected chi connectivity index (χ0v) is 21.8. The Hall–Kier alpha value is -4.25. The monoisotopic (exact) mass is 527 g/mol. The number of anilines is 1. The van der Waals surface area contributed by atoms with E-state index in [1.54, 1.807) is 43.3 Å². The summed E-state index contributed by atoms with van der Waals surface area (Å²) in [5.41, 5.74) is 3.91.